The Morgan fingerprint density at radius 2 is 0.571 bits per heavy atom. The quantitative estimate of drug-likeness (QED) is 0.309. The highest BCUT2D eigenvalue weighted by Gasteiger charge is 1.94. The van der Waals surface area contributed by atoms with Crippen molar-refractivity contribution >= 4 is 31.2 Å². The third-order valence-corrected chi connectivity index (χ3v) is 1.90. The molecule has 0 atom stereocenters. The van der Waals surface area contributed by atoms with E-state index in [0.29, 0.717) is 0 Å². The van der Waals surface area contributed by atoms with Crippen LogP contribution in [-0.4, -0.2) is 60.2 Å². The molecule has 12 N–H and O–H groups in total. The van der Waals surface area contributed by atoms with Gasteiger partial charge in [-0.3, -0.25) is 26.2 Å². The molecule has 21 heavy (non-hydrogen) atoms. The summed E-state index contributed by atoms with van der Waals surface area (Å²) < 4.78 is 89.1. The second-order valence-corrected chi connectivity index (χ2v) is 5.35. The molecule has 0 spiro atoms. The SMILES string of the molecule is COS(=O)(=O)O.COS(=O)(=O)O.COS(=O)(=O)O.N.N.N. The standard InChI is InChI=1S/3CH4O4S.3H3N/c3*1-5-6(2,3)4;;;/h3*1H3,(H,2,3,4);3*1H3. The van der Waals surface area contributed by atoms with Gasteiger partial charge >= 0.3 is 31.2 Å². The van der Waals surface area contributed by atoms with E-state index in [4.69, 9.17) is 13.7 Å². The Morgan fingerprint density at radius 3 is 0.571 bits per heavy atom. The first-order chi connectivity index (χ1) is 7.68. The zero-order valence-electron chi connectivity index (χ0n) is 11.4. The molecule has 15 nitrogen and oxygen atoms in total. The Hall–Kier alpha value is -0.510. The molecule has 0 saturated heterocycles. The highest BCUT2D eigenvalue weighted by Crippen LogP contribution is 1.75. The lowest BCUT2D eigenvalue weighted by atomic mass is 11.8. The maximum absolute atomic E-state index is 9.33. The van der Waals surface area contributed by atoms with Gasteiger partial charge in [0.1, 0.15) is 0 Å². The third kappa shape index (κ3) is 82.7. The van der Waals surface area contributed by atoms with Crippen LogP contribution in [-0.2, 0) is 43.7 Å². The van der Waals surface area contributed by atoms with E-state index >= 15 is 0 Å². The first-order valence-electron chi connectivity index (χ1n) is 3.27. The minimum atomic E-state index is -4.16. The first-order valence-corrected chi connectivity index (χ1v) is 7.37. The largest absolute Gasteiger partial charge is 0.397 e. The molecular weight excluding hydrogens is 366 g/mol. The summed E-state index contributed by atoms with van der Waals surface area (Å²) in [6.07, 6.45) is 0. The molecule has 0 heterocycles. The van der Waals surface area contributed by atoms with Gasteiger partial charge < -0.3 is 18.5 Å². The Labute approximate surface area is 123 Å². The molecule has 0 aliphatic carbocycles. The predicted octanol–water partition coefficient (Wildman–Crippen LogP) is -1.21. The molecule has 0 aliphatic rings. The fourth-order valence-corrected chi connectivity index (χ4v) is 0. The van der Waals surface area contributed by atoms with E-state index in [9.17, 15) is 25.3 Å². The van der Waals surface area contributed by atoms with Crippen LogP contribution < -0.4 is 18.5 Å². The van der Waals surface area contributed by atoms with Crippen LogP contribution in [0.1, 0.15) is 0 Å². The average molecular weight is 387 g/mol. The summed E-state index contributed by atoms with van der Waals surface area (Å²) in [5, 5.41) is 0. The molecule has 0 amide bonds. The van der Waals surface area contributed by atoms with Gasteiger partial charge in [0.15, 0.2) is 0 Å². The summed E-state index contributed by atoms with van der Waals surface area (Å²) in [5.41, 5.74) is 0. The van der Waals surface area contributed by atoms with Gasteiger partial charge in [0.25, 0.3) is 0 Å². The van der Waals surface area contributed by atoms with Gasteiger partial charge in [-0.2, -0.15) is 25.3 Å². The summed E-state index contributed by atoms with van der Waals surface area (Å²) >= 11 is 0. The lowest BCUT2D eigenvalue weighted by molar-refractivity contribution is 0.323. The van der Waals surface area contributed by atoms with Gasteiger partial charge in [0.05, 0.1) is 21.3 Å². The van der Waals surface area contributed by atoms with E-state index in [0.717, 1.165) is 21.3 Å². The van der Waals surface area contributed by atoms with Crippen LogP contribution in [0.5, 0.6) is 0 Å². The highest BCUT2D eigenvalue weighted by atomic mass is 32.3. The summed E-state index contributed by atoms with van der Waals surface area (Å²) in [7, 11) is -9.87. The molecule has 0 saturated carbocycles. The maximum atomic E-state index is 9.33. The minimum absolute atomic E-state index is 0. The summed E-state index contributed by atoms with van der Waals surface area (Å²) in [6.45, 7) is 0. The maximum Gasteiger partial charge on any atom is 0.397 e. The monoisotopic (exact) mass is 387 g/mol. The molecule has 0 aromatic carbocycles. The Morgan fingerprint density at radius 1 is 0.524 bits per heavy atom. The molecule has 0 aliphatic heterocycles. The summed E-state index contributed by atoms with van der Waals surface area (Å²) in [6, 6.07) is 0. The zero-order valence-corrected chi connectivity index (χ0v) is 13.8. The first kappa shape index (κ1) is 37.1. The number of hydrogen-bond acceptors (Lipinski definition) is 12. The van der Waals surface area contributed by atoms with Crippen molar-refractivity contribution < 1.29 is 51.5 Å². The number of hydrogen-bond donors (Lipinski definition) is 6. The van der Waals surface area contributed by atoms with E-state index in [1.54, 1.807) is 0 Å². The van der Waals surface area contributed by atoms with Gasteiger partial charge in [0.2, 0.25) is 0 Å². The van der Waals surface area contributed by atoms with Crippen LogP contribution in [0, 0.1) is 0 Å². The molecule has 0 unspecified atom stereocenters. The van der Waals surface area contributed by atoms with E-state index in [1.807, 2.05) is 0 Å². The van der Waals surface area contributed by atoms with Gasteiger partial charge in [0, 0.05) is 0 Å². The summed E-state index contributed by atoms with van der Waals surface area (Å²) in [4.78, 5) is 0. The second kappa shape index (κ2) is 15.9. The van der Waals surface area contributed by atoms with Crippen LogP contribution in [0.25, 0.3) is 0 Å². The van der Waals surface area contributed by atoms with Gasteiger partial charge in [-0.25, -0.2) is 0 Å². The number of rotatable bonds is 3. The van der Waals surface area contributed by atoms with Crippen LogP contribution in [0.4, 0.5) is 0 Å². The molecule has 0 aromatic heterocycles. The highest BCUT2D eigenvalue weighted by molar-refractivity contribution is 7.81. The van der Waals surface area contributed by atoms with Crippen LogP contribution >= 0.6 is 0 Å². The van der Waals surface area contributed by atoms with Crippen molar-refractivity contribution in [3.8, 4) is 0 Å². The van der Waals surface area contributed by atoms with Crippen molar-refractivity contribution in [3.05, 3.63) is 0 Å². The molecule has 0 aromatic rings. The molecule has 0 rings (SSSR count). The minimum Gasteiger partial charge on any atom is -0.344 e. The van der Waals surface area contributed by atoms with Gasteiger partial charge in [-0.1, -0.05) is 0 Å². The average Bonchev–Trinajstić information content (AvgIpc) is 2.16. The van der Waals surface area contributed by atoms with Crippen molar-refractivity contribution in [2.24, 2.45) is 0 Å². The fourth-order valence-electron chi connectivity index (χ4n) is 0. The van der Waals surface area contributed by atoms with Crippen molar-refractivity contribution in [3.63, 3.8) is 0 Å². The molecule has 0 bridgehead atoms. The van der Waals surface area contributed by atoms with Crippen molar-refractivity contribution in [2.45, 2.75) is 0 Å². The van der Waals surface area contributed by atoms with Crippen LogP contribution in [0.2, 0.25) is 0 Å². The lowest BCUT2D eigenvalue weighted by Crippen LogP contribution is -1.96. The Kier molecular flexibility index (Phi) is 28.0. The summed E-state index contributed by atoms with van der Waals surface area (Å²) in [5.74, 6) is 0. The van der Waals surface area contributed by atoms with E-state index < -0.39 is 31.2 Å². The topological polar surface area (TPSA) is 296 Å². The molecule has 0 radical (unpaired) electrons. The van der Waals surface area contributed by atoms with E-state index in [2.05, 4.69) is 12.5 Å². The third-order valence-electron chi connectivity index (χ3n) is 0.632. The zero-order chi connectivity index (χ0) is 15.6. The molecule has 0 fully saturated rings. The van der Waals surface area contributed by atoms with Crippen molar-refractivity contribution in [1.82, 2.24) is 18.5 Å². The fraction of sp³-hybridized carbons (Fsp3) is 1.00. The van der Waals surface area contributed by atoms with Gasteiger partial charge in [-0.05, 0) is 0 Å². The molecule has 18 heteroatoms. The normalized spacial score (nSPS) is 10.0. The van der Waals surface area contributed by atoms with E-state index in [-0.39, 0.29) is 18.5 Å². The smallest absolute Gasteiger partial charge is 0.344 e. The van der Waals surface area contributed by atoms with Gasteiger partial charge in [-0.15, -0.1) is 0 Å². The Balaban J connectivity index is -0.0000000375. The van der Waals surface area contributed by atoms with Crippen molar-refractivity contribution in [2.75, 3.05) is 21.3 Å². The van der Waals surface area contributed by atoms with Crippen LogP contribution in [0.3, 0.4) is 0 Å². The van der Waals surface area contributed by atoms with Crippen molar-refractivity contribution in [1.29, 1.82) is 0 Å². The second-order valence-electron chi connectivity index (χ2n) is 1.78. The lowest BCUT2D eigenvalue weighted by Gasteiger charge is -1.82. The van der Waals surface area contributed by atoms with E-state index in [1.165, 1.54) is 0 Å². The Bertz CT molecular complexity index is 417. The van der Waals surface area contributed by atoms with Crippen LogP contribution in [0.15, 0.2) is 0 Å². The molecule has 138 valence electrons. The predicted molar refractivity (Wildman–Crippen MR) is 70.7 cm³/mol. The molecular formula is C3H21N3O12S3.